The number of fused-ring (bicyclic) bond motifs is 12. The van der Waals surface area contributed by atoms with Crippen molar-refractivity contribution >= 4 is 28.6 Å². The molecular formula is C33H27N. The molecule has 4 aliphatic rings. The fourth-order valence-corrected chi connectivity index (χ4v) is 7.19. The van der Waals surface area contributed by atoms with Gasteiger partial charge in [-0.05, 0) is 98.3 Å². The second-order valence-electron chi connectivity index (χ2n) is 10.9. The topological polar surface area (TPSA) is 12.0 Å². The molecule has 4 aromatic rings. The van der Waals surface area contributed by atoms with E-state index in [2.05, 4.69) is 98.1 Å². The van der Waals surface area contributed by atoms with Crippen LogP contribution in [0.1, 0.15) is 65.1 Å². The molecule has 164 valence electrons. The van der Waals surface area contributed by atoms with Gasteiger partial charge < -0.3 is 5.32 Å². The molecule has 1 heterocycles. The molecule has 0 amide bonds. The molecular weight excluding hydrogens is 410 g/mol. The Balaban J connectivity index is 1.34. The highest BCUT2D eigenvalue weighted by atomic mass is 14.9. The van der Waals surface area contributed by atoms with E-state index in [1.54, 1.807) is 11.1 Å². The third-order valence-corrected chi connectivity index (χ3v) is 8.86. The van der Waals surface area contributed by atoms with E-state index < -0.39 is 0 Å². The van der Waals surface area contributed by atoms with Crippen molar-refractivity contribution in [3.63, 3.8) is 0 Å². The van der Waals surface area contributed by atoms with Gasteiger partial charge in [0.25, 0.3) is 0 Å². The molecule has 0 radical (unpaired) electrons. The number of rotatable bonds is 0. The van der Waals surface area contributed by atoms with E-state index in [1.807, 2.05) is 0 Å². The van der Waals surface area contributed by atoms with Gasteiger partial charge in [0.15, 0.2) is 0 Å². The first kappa shape index (κ1) is 18.8. The summed E-state index contributed by atoms with van der Waals surface area (Å²) in [6.07, 6.45) is 10.6. The fourth-order valence-electron chi connectivity index (χ4n) is 7.19. The van der Waals surface area contributed by atoms with Crippen LogP contribution >= 0.6 is 0 Å². The molecule has 8 rings (SSSR count). The Morgan fingerprint density at radius 1 is 0.824 bits per heavy atom. The van der Waals surface area contributed by atoms with Crippen LogP contribution in [0.3, 0.4) is 0 Å². The Bertz CT molecular complexity index is 1630. The third-order valence-electron chi connectivity index (χ3n) is 8.86. The lowest BCUT2D eigenvalue weighted by molar-refractivity contribution is 0.660. The van der Waals surface area contributed by atoms with Gasteiger partial charge in [-0.2, -0.15) is 0 Å². The largest absolute Gasteiger partial charge is 0.358 e. The van der Waals surface area contributed by atoms with Gasteiger partial charge in [-0.15, -0.1) is 0 Å². The lowest BCUT2D eigenvalue weighted by Crippen LogP contribution is -2.15. The maximum Gasteiger partial charge on any atom is 0.0425 e. The van der Waals surface area contributed by atoms with Gasteiger partial charge in [0.1, 0.15) is 0 Å². The SMILES string of the molecule is CC1(C)c2ccccc2-c2cc3c(cc21)NC1=Cc2c(c4c(c5ccccc25)C=CCC4)CC13. The van der Waals surface area contributed by atoms with Crippen LogP contribution in [0.15, 0.2) is 72.4 Å². The van der Waals surface area contributed by atoms with E-state index in [9.17, 15) is 0 Å². The van der Waals surface area contributed by atoms with Crippen LogP contribution < -0.4 is 5.32 Å². The predicted molar refractivity (Wildman–Crippen MR) is 143 cm³/mol. The average molecular weight is 438 g/mol. The molecule has 0 spiro atoms. The zero-order valence-electron chi connectivity index (χ0n) is 19.7. The molecule has 3 aliphatic carbocycles. The minimum absolute atomic E-state index is 0.0371. The van der Waals surface area contributed by atoms with Crippen molar-refractivity contribution in [3.05, 3.63) is 111 Å². The summed E-state index contributed by atoms with van der Waals surface area (Å²) in [5, 5.41) is 6.65. The fraction of sp³-hybridized carbons (Fsp3) is 0.212. The number of allylic oxidation sites excluding steroid dienone is 2. The van der Waals surface area contributed by atoms with Crippen LogP contribution in [0.2, 0.25) is 0 Å². The van der Waals surface area contributed by atoms with E-state index in [-0.39, 0.29) is 5.41 Å². The summed E-state index contributed by atoms with van der Waals surface area (Å²) in [6, 6.07) is 22.9. The number of nitrogens with one attached hydrogen (secondary N) is 1. The van der Waals surface area contributed by atoms with E-state index >= 15 is 0 Å². The number of anilines is 1. The monoisotopic (exact) mass is 437 g/mol. The summed E-state index contributed by atoms with van der Waals surface area (Å²) in [4.78, 5) is 0. The zero-order valence-corrected chi connectivity index (χ0v) is 19.7. The highest BCUT2D eigenvalue weighted by molar-refractivity contribution is 6.01. The molecule has 0 saturated heterocycles. The van der Waals surface area contributed by atoms with Crippen LogP contribution in [0.4, 0.5) is 5.69 Å². The van der Waals surface area contributed by atoms with E-state index in [1.165, 1.54) is 61.1 Å². The maximum absolute atomic E-state index is 3.86. The summed E-state index contributed by atoms with van der Waals surface area (Å²) < 4.78 is 0. The second kappa shape index (κ2) is 6.30. The smallest absolute Gasteiger partial charge is 0.0425 e. The molecule has 1 aliphatic heterocycles. The third kappa shape index (κ3) is 2.25. The first-order valence-electron chi connectivity index (χ1n) is 12.6. The van der Waals surface area contributed by atoms with Gasteiger partial charge in [0.05, 0.1) is 0 Å². The van der Waals surface area contributed by atoms with Crippen LogP contribution in [0, 0.1) is 0 Å². The number of benzene rings is 4. The van der Waals surface area contributed by atoms with Gasteiger partial charge in [-0.1, -0.05) is 74.5 Å². The minimum atomic E-state index is 0.0371. The van der Waals surface area contributed by atoms with Gasteiger partial charge in [-0.25, -0.2) is 0 Å². The summed E-state index contributed by atoms with van der Waals surface area (Å²) in [6.45, 7) is 4.74. The van der Waals surface area contributed by atoms with Gasteiger partial charge in [0.2, 0.25) is 0 Å². The van der Waals surface area contributed by atoms with Crippen LogP contribution in [-0.4, -0.2) is 0 Å². The van der Waals surface area contributed by atoms with E-state index in [0.29, 0.717) is 5.92 Å². The molecule has 4 aromatic carbocycles. The summed E-state index contributed by atoms with van der Waals surface area (Å²) in [5.74, 6) is 0.417. The Kier molecular flexibility index (Phi) is 3.48. The van der Waals surface area contributed by atoms with Crippen LogP contribution in [-0.2, 0) is 18.3 Å². The molecule has 0 bridgehead atoms. The van der Waals surface area contributed by atoms with Gasteiger partial charge in [0, 0.05) is 22.7 Å². The number of hydrogen-bond donors (Lipinski definition) is 1. The Labute approximate surface area is 200 Å². The summed E-state index contributed by atoms with van der Waals surface area (Å²) in [5.41, 5.74) is 16.0. The lowest BCUT2D eigenvalue weighted by atomic mass is 9.76. The predicted octanol–water partition coefficient (Wildman–Crippen LogP) is 8.21. The Morgan fingerprint density at radius 3 is 2.50 bits per heavy atom. The summed E-state index contributed by atoms with van der Waals surface area (Å²) >= 11 is 0. The van der Waals surface area contributed by atoms with Crippen molar-refractivity contribution in [2.45, 2.75) is 44.4 Å². The quantitative estimate of drug-likeness (QED) is 0.292. The van der Waals surface area contributed by atoms with Crippen molar-refractivity contribution in [2.75, 3.05) is 5.32 Å². The molecule has 1 unspecified atom stereocenters. The Hall–Kier alpha value is -3.58. The van der Waals surface area contributed by atoms with Crippen molar-refractivity contribution in [1.82, 2.24) is 0 Å². The van der Waals surface area contributed by atoms with Gasteiger partial charge >= 0.3 is 0 Å². The first-order chi connectivity index (χ1) is 16.6. The van der Waals surface area contributed by atoms with E-state index in [0.717, 1.165) is 19.3 Å². The molecule has 1 nitrogen and oxygen atoms in total. The van der Waals surface area contributed by atoms with Crippen molar-refractivity contribution in [3.8, 4) is 11.1 Å². The highest BCUT2D eigenvalue weighted by Crippen LogP contribution is 2.54. The number of hydrogen-bond acceptors (Lipinski definition) is 1. The maximum atomic E-state index is 3.86. The zero-order chi connectivity index (χ0) is 22.6. The molecule has 0 fully saturated rings. The molecule has 0 aromatic heterocycles. The van der Waals surface area contributed by atoms with Crippen molar-refractivity contribution < 1.29 is 0 Å². The standard InChI is InChI=1S/C33H27N/c1-33(2)29-14-8-7-13-23(29)26-16-28-27-15-24-21-11-5-3-9-19(21)20-10-4-6-12-22(20)25(24)17-31(27)34-32(28)18-30(26)33/h3-4,6-10,12-14,16-18,27,34H,5,11,15H2,1-2H3. The normalized spacial score (nSPS) is 19.9. The molecule has 1 heteroatoms. The average Bonchev–Trinajstić information content (AvgIpc) is 3.34. The lowest BCUT2D eigenvalue weighted by Gasteiger charge is -2.28. The van der Waals surface area contributed by atoms with Crippen LogP contribution in [0.25, 0.3) is 34.1 Å². The molecule has 34 heavy (non-hydrogen) atoms. The van der Waals surface area contributed by atoms with Crippen molar-refractivity contribution in [1.29, 1.82) is 0 Å². The van der Waals surface area contributed by atoms with E-state index in [4.69, 9.17) is 0 Å². The Morgan fingerprint density at radius 2 is 1.62 bits per heavy atom. The van der Waals surface area contributed by atoms with Crippen LogP contribution in [0.5, 0.6) is 0 Å². The molecule has 1 N–H and O–H groups in total. The molecule has 0 saturated carbocycles. The highest BCUT2D eigenvalue weighted by Gasteiger charge is 2.40. The second-order valence-corrected chi connectivity index (χ2v) is 10.9. The first-order valence-corrected chi connectivity index (χ1v) is 12.6. The van der Waals surface area contributed by atoms with Gasteiger partial charge in [-0.3, -0.25) is 0 Å². The minimum Gasteiger partial charge on any atom is -0.358 e. The van der Waals surface area contributed by atoms with Crippen molar-refractivity contribution in [2.24, 2.45) is 0 Å². The molecule has 1 atom stereocenters. The summed E-state index contributed by atoms with van der Waals surface area (Å²) in [7, 11) is 0.